The Morgan fingerprint density at radius 1 is 1.09 bits per heavy atom. The van der Waals surface area contributed by atoms with E-state index in [9.17, 15) is 9.59 Å². The first-order valence-corrected chi connectivity index (χ1v) is 10.2. The van der Waals surface area contributed by atoms with E-state index >= 15 is 0 Å². The minimum atomic E-state index is -0.586. The second-order valence-corrected chi connectivity index (χ2v) is 7.32. The lowest BCUT2D eigenvalue weighted by molar-refractivity contribution is -0.116. The Kier molecular flexibility index (Phi) is 5.27. The van der Waals surface area contributed by atoms with Gasteiger partial charge in [0.05, 0.1) is 18.3 Å². The molecule has 3 aromatic heterocycles. The molecule has 0 spiro atoms. The third kappa shape index (κ3) is 4.16. The minimum Gasteiger partial charge on any atom is -0.493 e. The first kappa shape index (κ1) is 20.4. The van der Waals surface area contributed by atoms with Gasteiger partial charge in [0.1, 0.15) is 18.8 Å². The number of carbonyl (C=O) groups is 1. The van der Waals surface area contributed by atoms with E-state index < -0.39 is 5.76 Å². The van der Waals surface area contributed by atoms with E-state index in [1.807, 2.05) is 35.0 Å². The zero-order valence-corrected chi connectivity index (χ0v) is 17.7. The van der Waals surface area contributed by atoms with Crippen LogP contribution in [0, 0.1) is 0 Å². The number of hydrogen-bond donors (Lipinski definition) is 1. The van der Waals surface area contributed by atoms with Crippen LogP contribution in [0.2, 0.25) is 0 Å². The number of hydrogen-bond acceptors (Lipinski definition) is 6. The van der Waals surface area contributed by atoms with Crippen LogP contribution in [0.25, 0.3) is 16.7 Å². The third-order valence-electron chi connectivity index (χ3n) is 5.11. The molecule has 0 saturated carbocycles. The van der Waals surface area contributed by atoms with E-state index in [0.29, 0.717) is 28.3 Å². The van der Waals surface area contributed by atoms with E-state index in [1.54, 1.807) is 49.6 Å². The predicted octanol–water partition coefficient (Wildman–Crippen LogP) is 3.47. The molecule has 0 atom stereocenters. The van der Waals surface area contributed by atoms with Gasteiger partial charge in [0, 0.05) is 24.1 Å². The maximum atomic E-state index is 12.6. The van der Waals surface area contributed by atoms with Crippen LogP contribution in [-0.4, -0.2) is 27.0 Å². The van der Waals surface area contributed by atoms with Crippen molar-refractivity contribution in [2.75, 3.05) is 12.4 Å². The van der Waals surface area contributed by atoms with Gasteiger partial charge in [0.25, 0.3) is 0 Å². The Balaban J connectivity index is 1.31. The Morgan fingerprint density at radius 3 is 2.79 bits per heavy atom. The summed E-state index contributed by atoms with van der Waals surface area (Å²) in [5.41, 5.74) is 3.08. The van der Waals surface area contributed by atoms with Crippen molar-refractivity contribution in [2.24, 2.45) is 0 Å². The monoisotopic (exact) mass is 444 g/mol. The van der Waals surface area contributed by atoms with Gasteiger partial charge in [0.15, 0.2) is 17.1 Å². The molecular weight excluding hydrogens is 424 g/mol. The molecule has 0 aliphatic rings. The summed E-state index contributed by atoms with van der Waals surface area (Å²) in [6, 6.07) is 17.8. The predicted molar refractivity (Wildman–Crippen MR) is 122 cm³/mol. The molecule has 3 heterocycles. The third-order valence-corrected chi connectivity index (χ3v) is 5.11. The molecule has 0 aliphatic heterocycles. The average Bonchev–Trinajstić information content (AvgIpc) is 3.38. The molecule has 2 aromatic carbocycles. The number of nitrogens with one attached hydrogen (secondary N) is 1. The Hall–Kier alpha value is -4.53. The van der Waals surface area contributed by atoms with Gasteiger partial charge in [-0.25, -0.2) is 9.78 Å². The van der Waals surface area contributed by atoms with Crippen LogP contribution in [-0.2, 0) is 17.9 Å². The van der Waals surface area contributed by atoms with Crippen LogP contribution in [0.15, 0.2) is 82.3 Å². The molecule has 9 nitrogen and oxygen atoms in total. The summed E-state index contributed by atoms with van der Waals surface area (Å²) < 4.78 is 19.7. The van der Waals surface area contributed by atoms with Crippen molar-refractivity contribution in [1.82, 2.24) is 14.0 Å². The van der Waals surface area contributed by atoms with Gasteiger partial charge in [0.2, 0.25) is 5.91 Å². The van der Waals surface area contributed by atoms with Gasteiger partial charge in [-0.1, -0.05) is 18.2 Å². The van der Waals surface area contributed by atoms with Crippen molar-refractivity contribution in [2.45, 2.75) is 13.2 Å². The number of ether oxygens (including phenoxy) is 2. The van der Waals surface area contributed by atoms with Crippen LogP contribution in [0.4, 0.5) is 5.69 Å². The molecule has 1 N–H and O–H groups in total. The van der Waals surface area contributed by atoms with Crippen molar-refractivity contribution in [3.05, 3.63) is 89.3 Å². The molecule has 0 saturated heterocycles. The van der Waals surface area contributed by atoms with E-state index in [2.05, 4.69) is 10.3 Å². The SMILES string of the molecule is COc1ccc(NC(=O)Cn2c(=O)oc3ccccc32)cc1OCc1cn2ccccc2n1. The van der Waals surface area contributed by atoms with Crippen molar-refractivity contribution in [3.8, 4) is 11.5 Å². The van der Waals surface area contributed by atoms with Crippen LogP contribution >= 0.6 is 0 Å². The largest absolute Gasteiger partial charge is 0.493 e. The van der Waals surface area contributed by atoms with E-state index in [0.717, 1.165) is 11.3 Å². The number of rotatable bonds is 7. The Bertz CT molecular complexity index is 1480. The van der Waals surface area contributed by atoms with E-state index in [4.69, 9.17) is 13.9 Å². The average molecular weight is 444 g/mol. The van der Waals surface area contributed by atoms with Gasteiger partial charge < -0.3 is 23.6 Å². The number of aromatic nitrogens is 3. The van der Waals surface area contributed by atoms with Gasteiger partial charge in [-0.3, -0.25) is 9.36 Å². The summed E-state index contributed by atoms with van der Waals surface area (Å²) in [5, 5.41) is 2.79. The lowest BCUT2D eigenvalue weighted by atomic mass is 10.2. The first-order chi connectivity index (χ1) is 16.1. The molecule has 0 bridgehead atoms. The van der Waals surface area contributed by atoms with E-state index in [1.165, 1.54) is 4.57 Å². The van der Waals surface area contributed by atoms with Crippen LogP contribution in [0.3, 0.4) is 0 Å². The highest BCUT2D eigenvalue weighted by Gasteiger charge is 2.14. The second-order valence-electron chi connectivity index (χ2n) is 7.32. The molecule has 33 heavy (non-hydrogen) atoms. The maximum Gasteiger partial charge on any atom is 0.420 e. The number of amides is 1. The van der Waals surface area contributed by atoms with Crippen molar-refractivity contribution in [1.29, 1.82) is 0 Å². The number of imidazole rings is 1. The topological polar surface area (TPSA) is 100 Å². The Morgan fingerprint density at radius 2 is 1.94 bits per heavy atom. The van der Waals surface area contributed by atoms with Crippen LogP contribution < -0.4 is 20.5 Å². The minimum absolute atomic E-state index is 0.181. The number of methoxy groups -OCH3 is 1. The number of para-hydroxylation sites is 2. The molecule has 0 radical (unpaired) electrons. The normalized spacial score (nSPS) is 11.1. The van der Waals surface area contributed by atoms with Gasteiger partial charge in [-0.05, 0) is 36.4 Å². The highest BCUT2D eigenvalue weighted by atomic mass is 16.5. The molecule has 9 heteroatoms. The molecule has 0 fully saturated rings. The number of oxazole rings is 1. The fraction of sp³-hybridized carbons (Fsp3) is 0.125. The highest BCUT2D eigenvalue weighted by Crippen LogP contribution is 2.31. The molecule has 0 unspecified atom stereocenters. The summed E-state index contributed by atoms with van der Waals surface area (Å²) in [6.07, 6.45) is 3.80. The molecule has 5 rings (SSSR count). The first-order valence-electron chi connectivity index (χ1n) is 10.2. The Labute approximate surface area is 187 Å². The number of nitrogens with zero attached hydrogens (tertiary/aromatic N) is 3. The summed E-state index contributed by atoms with van der Waals surface area (Å²) in [4.78, 5) is 29.3. The number of pyridine rings is 1. The van der Waals surface area contributed by atoms with Gasteiger partial charge in [-0.2, -0.15) is 0 Å². The maximum absolute atomic E-state index is 12.6. The van der Waals surface area contributed by atoms with Crippen molar-refractivity contribution in [3.63, 3.8) is 0 Å². The van der Waals surface area contributed by atoms with Crippen molar-refractivity contribution < 1.29 is 18.7 Å². The second kappa shape index (κ2) is 8.54. The summed E-state index contributed by atoms with van der Waals surface area (Å²) in [6.45, 7) is 0.0468. The zero-order valence-electron chi connectivity index (χ0n) is 17.7. The number of benzene rings is 2. The lowest BCUT2D eigenvalue weighted by Gasteiger charge is -2.12. The quantitative estimate of drug-likeness (QED) is 0.413. The van der Waals surface area contributed by atoms with Crippen LogP contribution in [0.5, 0.6) is 11.5 Å². The molecule has 0 aliphatic carbocycles. The van der Waals surface area contributed by atoms with Crippen molar-refractivity contribution >= 4 is 28.3 Å². The fourth-order valence-electron chi connectivity index (χ4n) is 3.58. The van der Waals surface area contributed by atoms with Gasteiger partial charge in [-0.15, -0.1) is 0 Å². The highest BCUT2D eigenvalue weighted by molar-refractivity contribution is 5.91. The lowest BCUT2D eigenvalue weighted by Crippen LogP contribution is -2.24. The molecular formula is C24H20N4O5. The fourth-order valence-corrected chi connectivity index (χ4v) is 3.58. The summed E-state index contributed by atoms with van der Waals surface area (Å²) >= 11 is 0. The smallest absolute Gasteiger partial charge is 0.420 e. The zero-order chi connectivity index (χ0) is 22.8. The van der Waals surface area contributed by atoms with Crippen LogP contribution in [0.1, 0.15) is 5.69 Å². The number of carbonyl (C=O) groups excluding carboxylic acids is 1. The van der Waals surface area contributed by atoms with Gasteiger partial charge >= 0.3 is 5.76 Å². The molecule has 166 valence electrons. The van der Waals surface area contributed by atoms with E-state index in [-0.39, 0.29) is 19.1 Å². The summed E-state index contributed by atoms with van der Waals surface area (Å²) in [7, 11) is 1.54. The standard InChI is InChI=1S/C24H20N4O5/c1-31-20-10-9-16(12-21(20)32-15-17-13-27-11-5-4-8-22(27)25-17)26-23(29)14-28-18-6-2-3-7-19(18)33-24(28)30/h2-13H,14-15H2,1H3,(H,26,29). The molecule has 1 amide bonds. The molecule has 5 aromatic rings. The number of anilines is 1. The summed E-state index contributed by atoms with van der Waals surface area (Å²) in [5.74, 6) is 0.0183. The number of fused-ring (bicyclic) bond motifs is 2.